The first-order valence-electron chi connectivity index (χ1n) is 5.39. The standard InChI is InChI=1S/C12H14ClFO2/c13-9-3-4-10(11(14)6-9)12(15)8-2-1-5-16-7-8/h3-4,6,8,12,15H,1-2,5,7H2. The van der Waals surface area contributed by atoms with E-state index in [9.17, 15) is 9.50 Å². The van der Waals surface area contributed by atoms with Crippen molar-refractivity contribution in [1.29, 1.82) is 0 Å². The molecule has 0 aliphatic carbocycles. The third-order valence-electron chi connectivity index (χ3n) is 2.92. The minimum absolute atomic E-state index is 0.0237. The lowest BCUT2D eigenvalue weighted by molar-refractivity contribution is -0.0112. The number of ether oxygens (including phenoxy) is 1. The number of aliphatic hydroxyl groups excluding tert-OH is 1. The molecule has 1 aromatic rings. The highest BCUT2D eigenvalue weighted by atomic mass is 35.5. The third kappa shape index (κ3) is 2.54. The van der Waals surface area contributed by atoms with Crippen molar-refractivity contribution in [2.24, 2.45) is 5.92 Å². The van der Waals surface area contributed by atoms with E-state index in [2.05, 4.69) is 0 Å². The fraction of sp³-hybridized carbons (Fsp3) is 0.500. The molecule has 1 saturated heterocycles. The predicted molar refractivity (Wildman–Crippen MR) is 59.9 cm³/mol. The summed E-state index contributed by atoms with van der Waals surface area (Å²) in [5.74, 6) is -0.477. The summed E-state index contributed by atoms with van der Waals surface area (Å²) in [5, 5.41) is 10.4. The first-order valence-corrected chi connectivity index (χ1v) is 5.77. The first-order chi connectivity index (χ1) is 7.68. The summed E-state index contributed by atoms with van der Waals surface area (Å²) in [6.07, 6.45) is 0.970. The monoisotopic (exact) mass is 244 g/mol. The smallest absolute Gasteiger partial charge is 0.130 e. The molecule has 4 heteroatoms. The van der Waals surface area contributed by atoms with Gasteiger partial charge in [0.05, 0.1) is 12.7 Å². The van der Waals surface area contributed by atoms with Gasteiger partial charge in [0, 0.05) is 23.1 Å². The average Bonchev–Trinajstić information content (AvgIpc) is 2.29. The van der Waals surface area contributed by atoms with Gasteiger partial charge in [0.15, 0.2) is 0 Å². The summed E-state index contributed by atoms with van der Waals surface area (Å²) < 4.78 is 18.9. The zero-order valence-electron chi connectivity index (χ0n) is 8.83. The number of hydrogen-bond acceptors (Lipinski definition) is 2. The van der Waals surface area contributed by atoms with Gasteiger partial charge in [-0.3, -0.25) is 0 Å². The Morgan fingerprint density at radius 1 is 1.50 bits per heavy atom. The molecule has 16 heavy (non-hydrogen) atoms. The van der Waals surface area contributed by atoms with Gasteiger partial charge in [0.2, 0.25) is 0 Å². The zero-order chi connectivity index (χ0) is 11.5. The van der Waals surface area contributed by atoms with Gasteiger partial charge in [0.25, 0.3) is 0 Å². The molecular formula is C12H14ClFO2. The Labute approximate surface area is 99.0 Å². The molecule has 1 N–H and O–H groups in total. The van der Waals surface area contributed by atoms with Crippen molar-refractivity contribution in [3.05, 3.63) is 34.6 Å². The van der Waals surface area contributed by atoms with E-state index in [1.165, 1.54) is 12.1 Å². The number of hydrogen-bond donors (Lipinski definition) is 1. The largest absolute Gasteiger partial charge is 0.388 e. The van der Waals surface area contributed by atoms with E-state index in [0.717, 1.165) is 19.4 Å². The van der Waals surface area contributed by atoms with Crippen LogP contribution in [0, 0.1) is 11.7 Å². The van der Waals surface area contributed by atoms with Crippen LogP contribution in [0.3, 0.4) is 0 Å². The molecule has 0 amide bonds. The molecule has 88 valence electrons. The Morgan fingerprint density at radius 3 is 2.94 bits per heavy atom. The van der Waals surface area contributed by atoms with Gasteiger partial charge in [-0.15, -0.1) is 0 Å². The molecule has 0 saturated carbocycles. The van der Waals surface area contributed by atoms with Crippen molar-refractivity contribution in [3.8, 4) is 0 Å². The first kappa shape index (κ1) is 11.8. The predicted octanol–water partition coefficient (Wildman–Crippen LogP) is 2.94. The van der Waals surface area contributed by atoms with Gasteiger partial charge in [-0.25, -0.2) is 4.39 Å². The Balaban J connectivity index is 2.15. The van der Waals surface area contributed by atoms with Crippen LogP contribution in [0.25, 0.3) is 0 Å². The molecule has 2 rings (SSSR count). The minimum atomic E-state index is -0.808. The summed E-state index contributed by atoms with van der Waals surface area (Å²) in [4.78, 5) is 0. The summed E-state index contributed by atoms with van der Waals surface area (Å²) in [5.41, 5.74) is 0.305. The molecule has 0 aromatic heterocycles. The van der Waals surface area contributed by atoms with Gasteiger partial charge in [-0.05, 0) is 25.0 Å². The minimum Gasteiger partial charge on any atom is -0.388 e. The van der Waals surface area contributed by atoms with Crippen molar-refractivity contribution < 1.29 is 14.2 Å². The molecule has 2 atom stereocenters. The maximum atomic E-state index is 13.6. The highest BCUT2D eigenvalue weighted by molar-refractivity contribution is 6.30. The maximum Gasteiger partial charge on any atom is 0.130 e. The number of aliphatic hydroxyl groups is 1. The van der Waals surface area contributed by atoms with Gasteiger partial charge < -0.3 is 9.84 Å². The summed E-state index contributed by atoms with van der Waals surface area (Å²) in [7, 11) is 0. The van der Waals surface area contributed by atoms with Crippen LogP contribution in [0.15, 0.2) is 18.2 Å². The lowest BCUT2D eigenvalue weighted by atomic mass is 9.91. The molecule has 0 bridgehead atoms. The molecule has 1 aliphatic heterocycles. The molecule has 1 fully saturated rings. The molecule has 1 aromatic carbocycles. The molecule has 0 spiro atoms. The molecule has 1 aliphatic rings. The third-order valence-corrected chi connectivity index (χ3v) is 3.16. The quantitative estimate of drug-likeness (QED) is 0.867. The van der Waals surface area contributed by atoms with E-state index in [1.54, 1.807) is 6.07 Å². The summed E-state index contributed by atoms with van der Waals surface area (Å²) in [6.45, 7) is 1.22. The topological polar surface area (TPSA) is 29.5 Å². The van der Waals surface area contributed by atoms with Crippen LogP contribution in [0.4, 0.5) is 4.39 Å². The number of halogens is 2. The molecule has 1 heterocycles. The van der Waals surface area contributed by atoms with E-state index in [0.29, 0.717) is 17.2 Å². The van der Waals surface area contributed by atoms with Crippen LogP contribution >= 0.6 is 11.6 Å². The Kier molecular flexibility index (Phi) is 3.79. The van der Waals surface area contributed by atoms with Gasteiger partial charge >= 0.3 is 0 Å². The van der Waals surface area contributed by atoms with Crippen LogP contribution in [-0.4, -0.2) is 18.3 Å². The molecule has 2 nitrogen and oxygen atoms in total. The summed E-state index contributed by atoms with van der Waals surface area (Å²) >= 11 is 5.66. The second kappa shape index (κ2) is 5.13. The molecular weight excluding hydrogens is 231 g/mol. The van der Waals surface area contributed by atoms with Crippen LogP contribution in [0.5, 0.6) is 0 Å². The van der Waals surface area contributed by atoms with E-state index in [-0.39, 0.29) is 5.92 Å². The van der Waals surface area contributed by atoms with Crippen LogP contribution in [0.2, 0.25) is 5.02 Å². The fourth-order valence-electron chi connectivity index (χ4n) is 2.01. The van der Waals surface area contributed by atoms with Gasteiger partial charge in [-0.2, -0.15) is 0 Å². The Bertz CT molecular complexity index is 364. The lowest BCUT2D eigenvalue weighted by Gasteiger charge is -2.27. The SMILES string of the molecule is OC(c1ccc(Cl)cc1F)C1CCCOC1. The number of rotatable bonds is 2. The van der Waals surface area contributed by atoms with Crippen LogP contribution in [0.1, 0.15) is 24.5 Å². The van der Waals surface area contributed by atoms with Crippen molar-refractivity contribution in [2.75, 3.05) is 13.2 Å². The second-order valence-electron chi connectivity index (χ2n) is 4.09. The van der Waals surface area contributed by atoms with E-state index in [1.807, 2.05) is 0 Å². The van der Waals surface area contributed by atoms with Crippen LogP contribution in [-0.2, 0) is 4.74 Å². The molecule has 2 unspecified atom stereocenters. The fourth-order valence-corrected chi connectivity index (χ4v) is 2.17. The highest BCUT2D eigenvalue weighted by Gasteiger charge is 2.25. The van der Waals surface area contributed by atoms with Crippen molar-refractivity contribution in [1.82, 2.24) is 0 Å². The Morgan fingerprint density at radius 2 is 2.31 bits per heavy atom. The maximum absolute atomic E-state index is 13.6. The zero-order valence-corrected chi connectivity index (χ0v) is 9.58. The van der Waals surface area contributed by atoms with Crippen LogP contribution < -0.4 is 0 Å². The summed E-state index contributed by atoms with van der Waals surface area (Å²) in [6, 6.07) is 4.35. The van der Waals surface area contributed by atoms with Crippen molar-refractivity contribution in [2.45, 2.75) is 18.9 Å². The average molecular weight is 245 g/mol. The number of benzene rings is 1. The van der Waals surface area contributed by atoms with Crippen molar-refractivity contribution in [3.63, 3.8) is 0 Å². The normalized spacial score (nSPS) is 23.1. The Hall–Kier alpha value is -0.640. The highest BCUT2D eigenvalue weighted by Crippen LogP contribution is 2.31. The van der Waals surface area contributed by atoms with Crippen molar-refractivity contribution >= 4 is 11.6 Å². The van der Waals surface area contributed by atoms with E-state index in [4.69, 9.17) is 16.3 Å². The van der Waals surface area contributed by atoms with E-state index < -0.39 is 11.9 Å². The van der Waals surface area contributed by atoms with Gasteiger partial charge in [-0.1, -0.05) is 17.7 Å². The van der Waals surface area contributed by atoms with E-state index >= 15 is 0 Å². The second-order valence-corrected chi connectivity index (χ2v) is 4.52. The molecule has 0 radical (unpaired) electrons. The van der Waals surface area contributed by atoms with Gasteiger partial charge in [0.1, 0.15) is 5.82 Å². The lowest BCUT2D eigenvalue weighted by Crippen LogP contribution is -2.24.